The first kappa shape index (κ1) is 25.8. The third-order valence-electron chi connectivity index (χ3n) is 5.20. The molecule has 0 aliphatic rings. The molecule has 0 saturated heterocycles. The molecule has 2 aromatic rings. The van der Waals surface area contributed by atoms with Gasteiger partial charge in [-0.05, 0) is 42.5 Å². The molecule has 5 nitrogen and oxygen atoms in total. The molecule has 0 bridgehead atoms. The van der Waals surface area contributed by atoms with Crippen LogP contribution in [-0.4, -0.2) is 42.2 Å². The van der Waals surface area contributed by atoms with E-state index >= 15 is 0 Å². The zero-order valence-electron chi connectivity index (χ0n) is 19.9. The summed E-state index contributed by atoms with van der Waals surface area (Å²) in [6.45, 7) is 9.12. The number of carbonyl (C=O) groups excluding carboxylic acids is 2. The van der Waals surface area contributed by atoms with E-state index < -0.39 is 6.04 Å². The Bertz CT molecular complexity index is 850. The van der Waals surface area contributed by atoms with Crippen molar-refractivity contribution in [2.45, 2.75) is 52.5 Å². The van der Waals surface area contributed by atoms with Crippen LogP contribution in [0.5, 0.6) is 5.75 Å². The first-order valence-electron chi connectivity index (χ1n) is 11.2. The van der Waals surface area contributed by atoms with Gasteiger partial charge >= 0.3 is 0 Å². The van der Waals surface area contributed by atoms with Gasteiger partial charge in [0.05, 0.1) is 12.9 Å². The Labute approximate surface area is 196 Å². The lowest BCUT2D eigenvalue weighted by atomic mass is 10.1. The lowest BCUT2D eigenvalue weighted by Crippen LogP contribution is -2.50. The Morgan fingerprint density at radius 2 is 1.66 bits per heavy atom. The molecule has 0 fully saturated rings. The molecule has 0 aliphatic heterocycles. The Morgan fingerprint density at radius 3 is 2.22 bits per heavy atom. The Morgan fingerprint density at radius 1 is 1.03 bits per heavy atom. The maximum atomic E-state index is 13.3. The standard InChI is InChI=1S/C26H36N2O3S/c1-6-24(26(30)27-15-19(2)3)28(16-21-11-13-23(31-5)14-12-21)25(29)18-32-17-22-9-7-20(4)8-10-22/h7-14,19,24H,6,15-18H2,1-5H3,(H,27,30)/t24-/m1/s1. The number of hydrogen-bond acceptors (Lipinski definition) is 4. The van der Waals surface area contributed by atoms with Gasteiger partial charge in [0.1, 0.15) is 11.8 Å². The van der Waals surface area contributed by atoms with E-state index in [-0.39, 0.29) is 11.8 Å². The summed E-state index contributed by atoms with van der Waals surface area (Å²) in [7, 11) is 1.63. The molecule has 2 aromatic carbocycles. The van der Waals surface area contributed by atoms with Gasteiger partial charge in [0.25, 0.3) is 0 Å². The zero-order valence-corrected chi connectivity index (χ0v) is 20.7. The van der Waals surface area contributed by atoms with E-state index in [1.807, 2.05) is 31.2 Å². The first-order chi connectivity index (χ1) is 15.3. The molecule has 2 amide bonds. The Kier molecular flexibility index (Phi) is 10.6. The van der Waals surface area contributed by atoms with E-state index in [1.54, 1.807) is 23.8 Å². The summed E-state index contributed by atoms with van der Waals surface area (Å²) in [6, 6.07) is 15.5. The molecule has 0 spiro atoms. The van der Waals surface area contributed by atoms with Crippen LogP contribution in [0.25, 0.3) is 0 Å². The van der Waals surface area contributed by atoms with Crippen molar-refractivity contribution in [3.05, 3.63) is 65.2 Å². The highest BCUT2D eigenvalue weighted by Gasteiger charge is 2.28. The predicted molar refractivity (Wildman–Crippen MR) is 133 cm³/mol. The summed E-state index contributed by atoms with van der Waals surface area (Å²) >= 11 is 1.58. The van der Waals surface area contributed by atoms with E-state index in [2.05, 4.69) is 50.4 Å². The normalized spacial score (nSPS) is 11.8. The minimum absolute atomic E-state index is 0.0236. The molecule has 0 aromatic heterocycles. The predicted octanol–water partition coefficient (Wildman–Crippen LogP) is 4.82. The highest BCUT2D eigenvalue weighted by atomic mass is 32.2. The van der Waals surface area contributed by atoms with E-state index in [0.717, 1.165) is 17.1 Å². The molecule has 2 rings (SSSR count). The second-order valence-electron chi connectivity index (χ2n) is 8.41. The second kappa shape index (κ2) is 13.2. The van der Waals surface area contributed by atoms with Gasteiger partial charge in [-0.3, -0.25) is 9.59 Å². The smallest absolute Gasteiger partial charge is 0.242 e. The van der Waals surface area contributed by atoms with Gasteiger partial charge in [0.15, 0.2) is 0 Å². The van der Waals surface area contributed by atoms with E-state index in [0.29, 0.717) is 31.2 Å². The Hall–Kier alpha value is -2.47. The summed E-state index contributed by atoms with van der Waals surface area (Å²) < 4.78 is 5.24. The van der Waals surface area contributed by atoms with Crippen LogP contribution in [0.2, 0.25) is 0 Å². The molecule has 0 unspecified atom stereocenters. The topological polar surface area (TPSA) is 58.6 Å². The summed E-state index contributed by atoms with van der Waals surface area (Å²) in [5.74, 6) is 2.10. The van der Waals surface area contributed by atoms with Crippen LogP contribution in [0.15, 0.2) is 48.5 Å². The fraction of sp³-hybridized carbons (Fsp3) is 0.462. The minimum Gasteiger partial charge on any atom is -0.497 e. The van der Waals surface area contributed by atoms with Gasteiger partial charge in [-0.25, -0.2) is 0 Å². The number of rotatable bonds is 12. The van der Waals surface area contributed by atoms with Crippen LogP contribution >= 0.6 is 11.8 Å². The van der Waals surface area contributed by atoms with Gasteiger partial charge in [-0.2, -0.15) is 0 Å². The number of carbonyl (C=O) groups is 2. The van der Waals surface area contributed by atoms with Crippen LogP contribution < -0.4 is 10.1 Å². The van der Waals surface area contributed by atoms with Crippen LogP contribution in [0.4, 0.5) is 0 Å². The molecule has 1 atom stereocenters. The van der Waals surface area contributed by atoms with Crippen molar-refractivity contribution in [3.8, 4) is 5.75 Å². The number of benzene rings is 2. The third kappa shape index (κ3) is 8.23. The van der Waals surface area contributed by atoms with Gasteiger partial charge in [-0.1, -0.05) is 62.7 Å². The maximum Gasteiger partial charge on any atom is 0.242 e. The summed E-state index contributed by atoms with van der Waals surface area (Å²) in [6.07, 6.45) is 0.564. The molecule has 174 valence electrons. The molecule has 0 aliphatic carbocycles. The number of aryl methyl sites for hydroxylation is 1. The number of hydrogen-bond donors (Lipinski definition) is 1. The summed E-state index contributed by atoms with van der Waals surface area (Å²) in [4.78, 5) is 27.9. The van der Waals surface area contributed by atoms with Crippen molar-refractivity contribution in [2.24, 2.45) is 5.92 Å². The average molecular weight is 457 g/mol. The molecule has 1 N–H and O–H groups in total. The quantitative estimate of drug-likeness (QED) is 0.498. The molecular weight excluding hydrogens is 420 g/mol. The molecule has 0 saturated carbocycles. The first-order valence-corrected chi connectivity index (χ1v) is 12.3. The van der Waals surface area contributed by atoms with Gasteiger partial charge in [-0.15, -0.1) is 11.8 Å². The number of thioether (sulfide) groups is 1. The molecule has 32 heavy (non-hydrogen) atoms. The van der Waals surface area contributed by atoms with Crippen LogP contribution in [0, 0.1) is 12.8 Å². The lowest BCUT2D eigenvalue weighted by Gasteiger charge is -2.31. The minimum atomic E-state index is -0.497. The van der Waals surface area contributed by atoms with Crippen LogP contribution in [0.3, 0.4) is 0 Å². The van der Waals surface area contributed by atoms with Crippen molar-refractivity contribution < 1.29 is 14.3 Å². The number of ether oxygens (including phenoxy) is 1. The molecular formula is C26H36N2O3S. The highest BCUT2D eigenvalue weighted by molar-refractivity contribution is 7.99. The average Bonchev–Trinajstić information content (AvgIpc) is 2.79. The SMILES string of the molecule is CC[C@H](C(=O)NCC(C)C)N(Cc1ccc(OC)cc1)C(=O)CSCc1ccc(C)cc1. The van der Waals surface area contributed by atoms with Crippen molar-refractivity contribution in [1.29, 1.82) is 0 Å². The fourth-order valence-electron chi connectivity index (χ4n) is 3.29. The number of amides is 2. The van der Waals surface area contributed by atoms with Crippen molar-refractivity contribution in [2.75, 3.05) is 19.4 Å². The molecule has 0 radical (unpaired) electrons. The van der Waals surface area contributed by atoms with E-state index in [9.17, 15) is 9.59 Å². The van der Waals surface area contributed by atoms with Crippen LogP contribution in [0.1, 0.15) is 43.9 Å². The van der Waals surface area contributed by atoms with Gasteiger partial charge in [0, 0.05) is 18.8 Å². The zero-order chi connectivity index (χ0) is 23.5. The van der Waals surface area contributed by atoms with Crippen molar-refractivity contribution in [3.63, 3.8) is 0 Å². The maximum absolute atomic E-state index is 13.3. The van der Waals surface area contributed by atoms with Crippen LogP contribution in [-0.2, 0) is 21.9 Å². The summed E-state index contributed by atoms with van der Waals surface area (Å²) in [5.41, 5.74) is 3.38. The fourth-order valence-corrected chi connectivity index (χ4v) is 4.16. The third-order valence-corrected chi connectivity index (χ3v) is 6.19. The number of methoxy groups -OCH3 is 1. The summed E-state index contributed by atoms with van der Waals surface area (Å²) in [5, 5.41) is 3.00. The van der Waals surface area contributed by atoms with Gasteiger partial charge < -0.3 is 15.0 Å². The van der Waals surface area contributed by atoms with Crippen molar-refractivity contribution in [1.82, 2.24) is 10.2 Å². The lowest BCUT2D eigenvalue weighted by molar-refractivity contribution is -0.139. The number of nitrogens with zero attached hydrogens (tertiary/aromatic N) is 1. The van der Waals surface area contributed by atoms with E-state index in [4.69, 9.17) is 4.74 Å². The largest absolute Gasteiger partial charge is 0.497 e. The molecule has 6 heteroatoms. The van der Waals surface area contributed by atoms with E-state index in [1.165, 1.54) is 11.1 Å². The Balaban J connectivity index is 2.11. The number of nitrogens with one attached hydrogen (secondary N) is 1. The second-order valence-corrected chi connectivity index (χ2v) is 9.40. The molecule has 0 heterocycles. The highest BCUT2D eigenvalue weighted by Crippen LogP contribution is 2.19. The van der Waals surface area contributed by atoms with Gasteiger partial charge in [0.2, 0.25) is 11.8 Å². The monoisotopic (exact) mass is 456 g/mol. The van der Waals surface area contributed by atoms with Crippen molar-refractivity contribution >= 4 is 23.6 Å².